The third-order valence-electron chi connectivity index (χ3n) is 2.26. The molecule has 90 valence electrons. The van der Waals surface area contributed by atoms with Crippen LogP contribution in [0.4, 0.5) is 4.79 Å². The number of carbonyl (C=O) groups is 1. The first-order valence-electron chi connectivity index (χ1n) is 4.11. The smallest absolute Gasteiger partial charge is 0.450 e. The molecule has 1 saturated carbocycles. The summed E-state index contributed by atoms with van der Waals surface area (Å²) in [5.41, 5.74) is 0.260. The number of rotatable bonds is 1. The van der Waals surface area contributed by atoms with Gasteiger partial charge in [0, 0.05) is 0 Å². The molecule has 0 aromatic carbocycles. The molecular weight excluding hydrogens is 286 g/mol. The quantitative estimate of drug-likeness (QED) is 0.712. The molecule has 2 N–H and O–H groups in total. The van der Waals surface area contributed by atoms with E-state index in [4.69, 9.17) is 61.4 Å². The zero-order chi connectivity index (χ0) is 12.4. The highest BCUT2D eigenvalue weighted by atomic mass is 35.6. The lowest BCUT2D eigenvalue weighted by atomic mass is 10.1. The summed E-state index contributed by atoms with van der Waals surface area (Å²) in [4.78, 5) is 8.56. The zero-order valence-corrected chi connectivity index (χ0v) is 11.2. The minimum absolute atomic E-state index is 0.260. The predicted octanol–water partition coefficient (Wildman–Crippen LogP) is 4.23. The highest BCUT2D eigenvalue weighted by molar-refractivity contribution is 6.70. The first kappa shape index (κ1) is 15.4. The van der Waals surface area contributed by atoms with Gasteiger partial charge in [-0.25, -0.2) is 4.79 Å². The van der Waals surface area contributed by atoms with Gasteiger partial charge >= 0.3 is 6.16 Å². The number of alkyl halides is 4. The standard InChI is InChI=1S/C7H10Cl4.CH2O3/c1-6(2)3-4(6)5(8)7(9,10)11;2-1(3)4/h4-5H,3H2,1-2H3;(H2,2,3,4). The third-order valence-corrected chi connectivity index (χ3v) is 3.93. The topological polar surface area (TPSA) is 57.5 Å². The van der Waals surface area contributed by atoms with Crippen LogP contribution >= 0.6 is 46.4 Å². The summed E-state index contributed by atoms with van der Waals surface area (Å²) in [5.74, 6) is 0.344. The maximum atomic E-state index is 8.56. The molecule has 0 spiro atoms. The molecule has 0 aliphatic heterocycles. The largest absolute Gasteiger partial charge is 0.503 e. The van der Waals surface area contributed by atoms with Crippen molar-refractivity contribution in [3.05, 3.63) is 0 Å². The summed E-state index contributed by atoms with van der Waals surface area (Å²) in [6.45, 7) is 4.26. The molecule has 0 bridgehead atoms. The molecule has 15 heavy (non-hydrogen) atoms. The van der Waals surface area contributed by atoms with Crippen LogP contribution in [0.15, 0.2) is 0 Å². The van der Waals surface area contributed by atoms with Gasteiger partial charge in [0.05, 0.1) is 5.38 Å². The third kappa shape index (κ3) is 5.91. The lowest BCUT2D eigenvalue weighted by Gasteiger charge is -2.19. The van der Waals surface area contributed by atoms with Crippen molar-refractivity contribution < 1.29 is 15.0 Å². The molecule has 2 atom stereocenters. The Balaban J connectivity index is 0.000000423. The van der Waals surface area contributed by atoms with Crippen LogP contribution in [0.25, 0.3) is 0 Å². The summed E-state index contributed by atoms with van der Waals surface area (Å²) in [6.07, 6.45) is -0.783. The van der Waals surface area contributed by atoms with Gasteiger partial charge in [-0.2, -0.15) is 0 Å². The molecule has 0 heterocycles. The van der Waals surface area contributed by atoms with Gasteiger partial charge in [-0.3, -0.25) is 0 Å². The summed E-state index contributed by atoms with van der Waals surface area (Å²) >= 11 is 22.9. The summed E-state index contributed by atoms with van der Waals surface area (Å²) in [6, 6.07) is 0. The van der Waals surface area contributed by atoms with Gasteiger partial charge in [-0.1, -0.05) is 48.7 Å². The van der Waals surface area contributed by atoms with E-state index in [0.717, 1.165) is 6.42 Å². The van der Waals surface area contributed by atoms with Crippen LogP contribution in [0.2, 0.25) is 0 Å². The first-order valence-corrected chi connectivity index (χ1v) is 5.68. The van der Waals surface area contributed by atoms with E-state index < -0.39 is 9.95 Å². The van der Waals surface area contributed by atoms with E-state index in [2.05, 4.69) is 13.8 Å². The van der Waals surface area contributed by atoms with E-state index in [9.17, 15) is 0 Å². The molecular formula is C8H12Cl4O3. The number of hydrogen-bond acceptors (Lipinski definition) is 1. The van der Waals surface area contributed by atoms with Crippen LogP contribution in [0.5, 0.6) is 0 Å². The summed E-state index contributed by atoms with van der Waals surface area (Å²) in [5, 5.41) is 13.6. The van der Waals surface area contributed by atoms with Gasteiger partial charge in [0.2, 0.25) is 3.79 Å². The Bertz CT molecular complexity index is 233. The van der Waals surface area contributed by atoms with Gasteiger partial charge in [0.25, 0.3) is 0 Å². The highest BCUT2D eigenvalue weighted by Crippen LogP contribution is 2.59. The fraction of sp³-hybridized carbons (Fsp3) is 0.875. The van der Waals surface area contributed by atoms with Gasteiger partial charge in [0.15, 0.2) is 0 Å². The SMILES string of the molecule is CC1(C)CC1C(Cl)C(Cl)(Cl)Cl.O=C(O)O. The van der Waals surface area contributed by atoms with Crippen molar-refractivity contribution in [3.8, 4) is 0 Å². The van der Waals surface area contributed by atoms with E-state index in [1.165, 1.54) is 0 Å². The van der Waals surface area contributed by atoms with Gasteiger partial charge < -0.3 is 10.2 Å². The van der Waals surface area contributed by atoms with Crippen molar-refractivity contribution in [1.29, 1.82) is 0 Å². The Labute approximate surface area is 108 Å². The van der Waals surface area contributed by atoms with Gasteiger partial charge in [0.1, 0.15) is 0 Å². The second-order valence-electron chi connectivity index (χ2n) is 4.03. The maximum absolute atomic E-state index is 8.56. The lowest BCUT2D eigenvalue weighted by Crippen LogP contribution is -2.23. The molecule has 2 unspecified atom stereocenters. The highest BCUT2D eigenvalue weighted by Gasteiger charge is 2.55. The van der Waals surface area contributed by atoms with Gasteiger partial charge in [-0.05, 0) is 17.8 Å². The molecule has 1 aliphatic carbocycles. The predicted molar refractivity (Wildman–Crippen MR) is 62.5 cm³/mol. The Morgan fingerprint density at radius 3 is 1.73 bits per heavy atom. The monoisotopic (exact) mass is 296 g/mol. The van der Waals surface area contributed by atoms with Crippen LogP contribution in [-0.4, -0.2) is 25.5 Å². The molecule has 0 aromatic heterocycles. The van der Waals surface area contributed by atoms with E-state index in [0.29, 0.717) is 5.92 Å². The fourth-order valence-corrected chi connectivity index (χ4v) is 2.12. The molecule has 0 amide bonds. The molecule has 0 aromatic rings. The van der Waals surface area contributed by atoms with Crippen LogP contribution in [0.1, 0.15) is 20.3 Å². The Morgan fingerprint density at radius 2 is 1.67 bits per heavy atom. The minimum Gasteiger partial charge on any atom is -0.450 e. The molecule has 0 radical (unpaired) electrons. The number of hydrogen-bond donors (Lipinski definition) is 2. The molecule has 3 nitrogen and oxygen atoms in total. The van der Waals surface area contributed by atoms with E-state index in [1.54, 1.807) is 0 Å². The van der Waals surface area contributed by atoms with Crippen molar-refractivity contribution in [3.63, 3.8) is 0 Å². The minimum atomic E-state index is -1.83. The normalized spacial score (nSPS) is 24.8. The molecule has 7 heteroatoms. The average Bonchev–Trinajstić information content (AvgIpc) is 2.54. The Kier molecular flexibility index (Phi) is 5.32. The molecule has 1 fully saturated rings. The van der Waals surface area contributed by atoms with Crippen LogP contribution in [-0.2, 0) is 0 Å². The van der Waals surface area contributed by atoms with Crippen LogP contribution < -0.4 is 0 Å². The second-order valence-corrected chi connectivity index (χ2v) is 6.86. The Hall–Kier alpha value is 0.430. The van der Waals surface area contributed by atoms with Crippen molar-refractivity contribution in [1.82, 2.24) is 0 Å². The van der Waals surface area contributed by atoms with Crippen LogP contribution in [0.3, 0.4) is 0 Å². The Morgan fingerprint density at radius 1 is 1.40 bits per heavy atom. The van der Waals surface area contributed by atoms with E-state index >= 15 is 0 Å². The van der Waals surface area contributed by atoms with Gasteiger partial charge in [-0.15, -0.1) is 11.6 Å². The lowest BCUT2D eigenvalue weighted by molar-refractivity contribution is 0.137. The van der Waals surface area contributed by atoms with Crippen molar-refractivity contribution in [2.45, 2.75) is 29.4 Å². The number of halogens is 4. The van der Waals surface area contributed by atoms with E-state index in [-0.39, 0.29) is 10.8 Å². The molecule has 1 aliphatic rings. The average molecular weight is 298 g/mol. The molecule has 1 rings (SSSR count). The maximum Gasteiger partial charge on any atom is 0.503 e. The molecule has 0 saturated heterocycles. The van der Waals surface area contributed by atoms with Crippen molar-refractivity contribution >= 4 is 52.6 Å². The second kappa shape index (κ2) is 5.17. The zero-order valence-electron chi connectivity index (χ0n) is 8.18. The van der Waals surface area contributed by atoms with Crippen LogP contribution in [0, 0.1) is 11.3 Å². The number of carboxylic acid groups (broad SMARTS) is 2. The summed E-state index contributed by atoms with van der Waals surface area (Å²) in [7, 11) is 0. The van der Waals surface area contributed by atoms with Crippen molar-refractivity contribution in [2.75, 3.05) is 0 Å². The summed E-state index contributed by atoms with van der Waals surface area (Å²) < 4.78 is -1.32. The van der Waals surface area contributed by atoms with Crippen molar-refractivity contribution in [2.24, 2.45) is 11.3 Å². The first-order chi connectivity index (χ1) is 6.48. The van der Waals surface area contributed by atoms with E-state index in [1.807, 2.05) is 0 Å². The fourth-order valence-electron chi connectivity index (χ4n) is 1.24.